The van der Waals surface area contributed by atoms with E-state index in [2.05, 4.69) is 38.1 Å². The molecule has 0 spiro atoms. The first-order chi connectivity index (χ1) is 6.20. The minimum atomic E-state index is 0.177. The zero-order valence-electron chi connectivity index (χ0n) is 8.29. The Kier molecular flexibility index (Phi) is 3.61. The summed E-state index contributed by atoms with van der Waals surface area (Å²) >= 11 is 5.06. The Morgan fingerprint density at radius 3 is 2.38 bits per heavy atom. The summed E-state index contributed by atoms with van der Waals surface area (Å²) in [5.74, 6) is 0. The van der Waals surface area contributed by atoms with Crippen molar-refractivity contribution in [2.45, 2.75) is 26.7 Å². The summed E-state index contributed by atoms with van der Waals surface area (Å²) in [5, 5.41) is 1.90. The third-order valence-electron chi connectivity index (χ3n) is 2.54. The molecule has 1 rings (SSSR count). The van der Waals surface area contributed by atoms with E-state index in [9.17, 15) is 0 Å². The molecular weight excluding hydrogens is 176 g/mol. The lowest BCUT2D eigenvalue weighted by Crippen LogP contribution is -2.19. The molecule has 0 amide bonds. The van der Waals surface area contributed by atoms with E-state index in [-0.39, 0.29) is 5.41 Å². The normalized spacial score (nSPS) is 14.9. The van der Waals surface area contributed by atoms with Gasteiger partial charge in [0.15, 0.2) is 0 Å². The van der Waals surface area contributed by atoms with Gasteiger partial charge in [-0.1, -0.05) is 56.4 Å². The second-order valence-corrected chi connectivity index (χ2v) is 4.02. The monoisotopic (exact) mass is 192 g/mol. The maximum atomic E-state index is 5.06. The van der Waals surface area contributed by atoms with Crippen molar-refractivity contribution in [3.63, 3.8) is 0 Å². The highest BCUT2D eigenvalue weighted by Crippen LogP contribution is 2.24. The minimum absolute atomic E-state index is 0.177. The van der Waals surface area contributed by atoms with Crippen molar-refractivity contribution in [3.8, 4) is 0 Å². The second-order valence-electron chi connectivity index (χ2n) is 3.79. The van der Waals surface area contributed by atoms with Crippen LogP contribution in [0.25, 0.3) is 0 Å². The van der Waals surface area contributed by atoms with Gasteiger partial charge in [-0.05, 0) is 29.2 Å². The molecular formula is C12H16S. The summed E-state index contributed by atoms with van der Waals surface area (Å²) in [6, 6.07) is 10.5. The van der Waals surface area contributed by atoms with Gasteiger partial charge in [0.25, 0.3) is 0 Å². The number of hydrogen-bond acceptors (Lipinski definition) is 1. The smallest absolute Gasteiger partial charge is 0.000419 e. The highest BCUT2D eigenvalue weighted by atomic mass is 32.1. The minimum Gasteiger partial charge on any atom is -0.0929 e. The number of rotatable bonds is 4. The molecule has 70 valence electrons. The van der Waals surface area contributed by atoms with Crippen LogP contribution in [0.3, 0.4) is 0 Å². The van der Waals surface area contributed by atoms with Gasteiger partial charge in [-0.3, -0.25) is 0 Å². The van der Waals surface area contributed by atoms with Crippen LogP contribution in [0, 0.1) is 5.41 Å². The molecule has 0 bridgehead atoms. The summed E-state index contributed by atoms with van der Waals surface area (Å²) in [4.78, 5) is 0. The third kappa shape index (κ3) is 2.92. The lowest BCUT2D eigenvalue weighted by atomic mass is 9.83. The predicted octanol–water partition coefficient (Wildman–Crippen LogP) is 3.65. The zero-order valence-corrected chi connectivity index (χ0v) is 9.10. The Labute approximate surface area is 86.0 Å². The summed E-state index contributed by atoms with van der Waals surface area (Å²) < 4.78 is 0. The van der Waals surface area contributed by atoms with Gasteiger partial charge in [-0.15, -0.1) is 0 Å². The molecule has 1 atom stereocenters. The first kappa shape index (κ1) is 10.4. The average Bonchev–Trinajstić information content (AvgIpc) is 2.19. The van der Waals surface area contributed by atoms with Crippen molar-refractivity contribution >= 4 is 17.6 Å². The van der Waals surface area contributed by atoms with Gasteiger partial charge in [-0.2, -0.15) is 0 Å². The van der Waals surface area contributed by atoms with Gasteiger partial charge in [0.2, 0.25) is 0 Å². The van der Waals surface area contributed by atoms with Crippen LogP contribution < -0.4 is 0 Å². The lowest BCUT2D eigenvalue weighted by molar-refractivity contribution is 0.463. The van der Waals surface area contributed by atoms with Crippen LogP contribution in [0.5, 0.6) is 0 Å². The van der Waals surface area contributed by atoms with E-state index in [1.807, 2.05) is 11.4 Å². The third-order valence-corrected chi connectivity index (χ3v) is 3.11. The van der Waals surface area contributed by atoms with E-state index in [0.717, 1.165) is 12.8 Å². The van der Waals surface area contributed by atoms with Crippen LogP contribution in [-0.4, -0.2) is 5.37 Å². The molecule has 1 unspecified atom stereocenters. The Morgan fingerprint density at radius 2 is 1.92 bits per heavy atom. The molecule has 1 aromatic carbocycles. The van der Waals surface area contributed by atoms with E-state index < -0.39 is 0 Å². The molecule has 1 heteroatoms. The zero-order chi connectivity index (χ0) is 9.73. The van der Waals surface area contributed by atoms with Crippen molar-refractivity contribution in [3.05, 3.63) is 35.9 Å². The molecule has 0 aliphatic carbocycles. The van der Waals surface area contributed by atoms with Crippen molar-refractivity contribution < 1.29 is 0 Å². The van der Waals surface area contributed by atoms with Gasteiger partial charge < -0.3 is 0 Å². The first-order valence-corrected chi connectivity index (χ1v) is 5.17. The number of hydrogen-bond donors (Lipinski definition) is 0. The standard InChI is InChI=1S/C12H16S/c1-3-12(2,10-13)9-11-7-5-4-6-8-11/h4-8,10H,3,9H2,1-2H3. The molecule has 0 aliphatic heterocycles. The fourth-order valence-electron chi connectivity index (χ4n) is 1.31. The average molecular weight is 192 g/mol. The van der Waals surface area contributed by atoms with Crippen molar-refractivity contribution in [2.75, 3.05) is 0 Å². The van der Waals surface area contributed by atoms with Crippen LogP contribution >= 0.6 is 12.2 Å². The largest absolute Gasteiger partial charge is 0.0929 e. The Morgan fingerprint density at radius 1 is 1.31 bits per heavy atom. The molecule has 0 aromatic heterocycles. The Hall–Kier alpha value is -0.690. The molecule has 0 aliphatic rings. The molecule has 1 aromatic rings. The van der Waals surface area contributed by atoms with E-state index in [0.29, 0.717) is 0 Å². The van der Waals surface area contributed by atoms with Crippen molar-refractivity contribution in [1.82, 2.24) is 0 Å². The highest BCUT2D eigenvalue weighted by Gasteiger charge is 2.18. The SMILES string of the molecule is CCC(C)(C=S)Cc1ccccc1. The van der Waals surface area contributed by atoms with E-state index >= 15 is 0 Å². The highest BCUT2D eigenvalue weighted by molar-refractivity contribution is 7.79. The topological polar surface area (TPSA) is 0 Å². The predicted molar refractivity (Wildman–Crippen MR) is 62.2 cm³/mol. The fourth-order valence-corrected chi connectivity index (χ4v) is 1.56. The van der Waals surface area contributed by atoms with Crippen LogP contribution in [0.2, 0.25) is 0 Å². The lowest BCUT2D eigenvalue weighted by Gasteiger charge is -2.22. The molecule has 0 saturated heterocycles. The first-order valence-electron chi connectivity index (χ1n) is 4.70. The van der Waals surface area contributed by atoms with Crippen molar-refractivity contribution in [1.29, 1.82) is 0 Å². The molecule has 0 radical (unpaired) electrons. The van der Waals surface area contributed by atoms with Crippen LogP contribution in [0.4, 0.5) is 0 Å². The van der Waals surface area contributed by atoms with Gasteiger partial charge in [-0.25, -0.2) is 0 Å². The summed E-state index contributed by atoms with van der Waals surface area (Å²) in [6.45, 7) is 4.40. The maximum Gasteiger partial charge on any atom is -0.000419 e. The van der Waals surface area contributed by atoms with Crippen molar-refractivity contribution in [2.24, 2.45) is 5.41 Å². The molecule has 0 saturated carbocycles. The van der Waals surface area contributed by atoms with Gasteiger partial charge in [0.05, 0.1) is 0 Å². The van der Waals surface area contributed by atoms with Gasteiger partial charge >= 0.3 is 0 Å². The van der Waals surface area contributed by atoms with Crippen LogP contribution in [0.15, 0.2) is 30.3 Å². The van der Waals surface area contributed by atoms with E-state index in [4.69, 9.17) is 12.2 Å². The van der Waals surface area contributed by atoms with Crippen LogP contribution in [-0.2, 0) is 6.42 Å². The van der Waals surface area contributed by atoms with Gasteiger partial charge in [0, 0.05) is 0 Å². The number of thiocarbonyl (C=S) groups is 1. The van der Waals surface area contributed by atoms with E-state index in [1.54, 1.807) is 0 Å². The van der Waals surface area contributed by atoms with E-state index in [1.165, 1.54) is 5.56 Å². The fraction of sp³-hybridized carbons (Fsp3) is 0.417. The molecule has 13 heavy (non-hydrogen) atoms. The summed E-state index contributed by atoms with van der Waals surface area (Å²) in [7, 11) is 0. The second kappa shape index (κ2) is 4.52. The molecule has 0 N–H and O–H groups in total. The van der Waals surface area contributed by atoms with Gasteiger partial charge in [0.1, 0.15) is 0 Å². The number of benzene rings is 1. The summed E-state index contributed by atoms with van der Waals surface area (Å²) in [6.07, 6.45) is 2.15. The Balaban J connectivity index is 2.73. The molecule has 0 fully saturated rings. The van der Waals surface area contributed by atoms with Crippen LogP contribution in [0.1, 0.15) is 25.8 Å². The molecule has 0 heterocycles. The Bertz CT molecular complexity index is 266. The maximum absolute atomic E-state index is 5.06. The molecule has 0 nitrogen and oxygen atoms in total. The quantitative estimate of drug-likeness (QED) is 0.656. The summed E-state index contributed by atoms with van der Waals surface area (Å²) in [5.41, 5.74) is 1.55.